The summed E-state index contributed by atoms with van der Waals surface area (Å²) < 4.78 is 35.0. The van der Waals surface area contributed by atoms with Gasteiger partial charge in [-0.3, -0.25) is 0 Å². The lowest BCUT2D eigenvalue weighted by molar-refractivity contribution is -0.235. The number of hydrogen-bond donors (Lipinski definition) is 1. The van der Waals surface area contributed by atoms with E-state index in [1.165, 1.54) is 0 Å². The van der Waals surface area contributed by atoms with Crippen molar-refractivity contribution in [2.45, 2.75) is 70.0 Å². The van der Waals surface area contributed by atoms with E-state index in [0.29, 0.717) is 19.8 Å². The van der Waals surface area contributed by atoms with E-state index in [1.54, 1.807) is 0 Å². The van der Waals surface area contributed by atoms with E-state index in [9.17, 15) is 0 Å². The van der Waals surface area contributed by atoms with Crippen LogP contribution in [0.2, 0.25) is 0 Å². The molecule has 3 heterocycles. The van der Waals surface area contributed by atoms with Crippen molar-refractivity contribution in [1.29, 1.82) is 0 Å². The largest absolute Gasteiger partial charge is 0.371 e. The third-order valence-corrected chi connectivity index (χ3v) is 3.85. The molecule has 5 atom stereocenters. The Morgan fingerprint density at radius 3 is 2.43 bits per heavy atom. The van der Waals surface area contributed by atoms with Crippen molar-refractivity contribution >= 4 is 0 Å². The van der Waals surface area contributed by atoms with Gasteiger partial charge in [0.1, 0.15) is 24.4 Å². The van der Waals surface area contributed by atoms with Crippen molar-refractivity contribution in [3.8, 4) is 0 Å². The maximum atomic E-state index is 5.99. The maximum absolute atomic E-state index is 5.99. The number of fused-ring (bicyclic) bond motifs is 1. The molecule has 21 heavy (non-hydrogen) atoms. The van der Waals surface area contributed by atoms with Crippen LogP contribution < -0.4 is 5.73 Å². The van der Waals surface area contributed by atoms with Gasteiger partial charge in [0.25, 0.3) is 0 Å². The summed E-state index contributed by atoms with van der Waals surface area (Å²) in [6.07, 6.45) is -1.49. The van der Waals surface area contributed by atoms with Gasteiger partial charge in [-0.1, -0.05) is 0 Å². The summed E-state index contributed by atoms with van der Waals surface area (Å²) in [4.78, 5) is 0. The van der Waals surface area contributed by atoms with Gasteiger partial charge in [-0.15, -0.1) is 0 Å². The number of ether oxygens (including phenoxy) is 6. The first-order chi connectivity index (χ1) is 9.81. The Hall–Kier alpha value is -0.280. The van der Waals surface area contributed by atoms with Crippen LogP contribution in [0.5, 0.6) is 0 Å². The van der Waals surface area contributed by atoms with Gasteiger partial charge >= 0.3 is 0 Å². The van der Waals surface area contributed by atoms with Crippen LogP contribution >= 0.6 is 0 Å². The topological polar surface area (TPSA) is 81.4 Å². The molecular formula is C14H25NO6. The molecule has 3 rings (SSSR count). The van der Waals surface area contributed by atoms with Crippen LogP contribution in [0.3, 0.4) is 0 Å². The Morgan fingerprint density at radius 1 is 1.05 bits per heavy atom. The third kappa shape index (κ3) is 3.10. The van der Waals surface area contributed by atoms with Crippen LogP contribution in [0, 0.1) is 0 Å². The molecular weight excluding hydrogens is 278 g/mol. The highest BCUT2D eigenvalue weighted by molar-refractivity contribution is 4.98. The van der Waals surface area contributed by atoms with Gasteiger partial charge in [-0.2, -0.15) is 0 Å². The fourth-order valence-corrected chi connectivity index (χ4v) is 3.07. The fraction of sp³-hybridized carbons (Fsp3) is 1.00. The van der Waals surface area contributed by atoms with Crippen molar-refractivity contribution in [1.82, 2.24) is 0 Å². The molecule has 1 unspecified atom stereocenters. The minimum absolute atomic E-state index is 0.205. The minimum atomic E-state index is -0.670. The second-order valence-electron chi connectivity index (χ2n) is 6.56. The van der Waals surface area contributed by atoms with Crippen LogP contribution in [-0.4, -0.2) is 62.0 Å². The first-order valence-corrected chi connectivity index (χ1v) is 7.46. The standard InChI is InChI=1S/C14H25NO6/c1-13(2)17-7-8(19-13)9-10(16-6-5-15)11-12(18-9)21-14(3,4)20-11/h8-12H,5-7,15H2,1-4H3/t8?,9-,10+,11-,12-/m1/s1. The first-order valence-electron chi connectivity index (χ1n) is 7.46. The Bertz CT molecular complexity index is 388. The maximum Gasteiger partial charge on any atom is 0.190 e. The molecule has 0 radical (unpaired) electrons. The Balaban J connectivity index is 1.72. The van der Waals surface area contributed by atoms with Crippen molar-refractivity contribution in [2.24, 2.45) is 5.73 Å². The Labute approximate surface area is 124 Å². The summed E-state index contributed by atoms with van der Waals surface area (Å²) in [7, 11) is 0. The molecule has 7 nitrogen and oxygen atoms in total. The minimum Gasteiger partial charge on any atom is -0.371 e. The second kappa shape index (κ2) is 5.42. The average Bonchev–Trinajstić information content (AvgIpc) is 2.96. The van der Waals surface area contributed by atoms with Gasteiger partial charge < -0.3 is 34.2 Å². The lowest BCUT2D eigenvalue weighted by Gasteiger charge is -2.28. The SMILES string of the molecule is CC1(C)OCC([C@H]2O[C@@H]3OC(C)(C)O[C@@H]3[C@H]2OCCN)O1. The molecule has 0 spiro atoms. The van der Waals surface area contributed by atoms with E-state index in [-0.39, 0.29) is 24.4 Å². The quantitative estimate of drug-likeness (QED) is 0.803. The number of rotatable bonds is 4. The summed E-state index contributed by atoms with van der Waals surface area (Å²) in [6, 6.07) is 0. The zero-order chi connectivity index (χ0) is 15.3. The molecule has 0 bridgehead atoms. The van der Waals surface area contributed by atoms with E-state index in [0.717, 1.165) is 0 Å². The Kier molecular flexibility index (Phi) is 4.03. The highest BCUT2D eigenvalue weighted by atomic mass is 16.8. The molecule has 3 aliphatic rings. The molecule has 3 aliphatic heterocycles. The summed E-state index contributed by atoms with van der Waals surface area (Å²) in [6.45, 7) is 8.84. The van der Waals surface area contributed by atoms with Gasteiger partial charge in [0.15, 0.2) is 17.9 Å². The van der Waals surface area contributed by atoms with Gasteiger partial charge in [-0.05, 0) is 27.7 Å². The van der Waals surface area contributed by atoms with Gasteiger partial charge in [-0.25, -0.2) is 0 Å². The molecule has 0 amide bonds. The molecule has 0 aromatic heterocycles. The van der Waals surface area contributed by atoms with Crippen LogP contribution in [-0.2, 0) is 28.4 Å². The monoisotopic (exact) mass is 303 g/mol. The zero-order valence-electron chi connectivity index (χ0n) is 13.0. The van der Waals surface area contributed by atoms with E-state index >= 15 is 0 Å². The Morgan fingerprint density at radius 2 is 1.81 bits per heavy atom. The molecule has 0 aromatic rings. The normalized spacial score (nSPS) is 44.1. The predicted molar refractivity (Wildman–Crippen MR) is 72.4 cm³/mol. The van der Waals surface area contributed by atoms with Crippen LogP contribution in [0.15, 0.2) is 0 Å². The molecule has 3 fully saturated rings. The van der Waals surface area contributed by atoms with Crippen LogP contribution in [0.1, 0.15) is 27.7 Å². The van der Waals surface area contributed by atoms with Crippen molar-refractivity contribution in [3.05, 3.63) is 0 Å². The molecule has 122 valence electrons. The molecule has 0 saturated carbocycles. The fourth-order valence-electron chi connectivity index (χ4n) is 3.07. The first kappa shape index (κ1) is 15.6. The molecule has 0 aliphatic carbocycles. The summed E-state index contributed by atoms with van der Waals surface area (Å²) in [5.74, 6) is -1.28. The van der Waals surface area contributed by atoms with E-state index in [1.807, 2.05) is 27.7 Å². The number of nitrogens with two attached hydrogens (primary N) is 1. The van der Waals surface area contributed by atoms with Gasteiger partial charge in [0, 0.05) is 6.54 Å². The van der Waals surface area contributed by atoms with Crippen molar-refractivity contribution in [2.75, 3.05) is 19.8 Å². The summed E-state index contributed by atoms with van der Waals surface area (Å²) in [5, 5.41) is 0. The summed E-state index contributed by atoms with van der Waals surface area (Å²) in [5.41, 5.74) is 5.55. The van der Waals surface area contributed by atoms with Crippen molar-refractivity contribution in [3.63, 3.8) is 0 Å². The lowest BCUT2D eigenvalue weighted by Crippen LogP contribution is -2.44. The van der Waals surface area contributed by atoms with Gasteiger partial charge in [0.05, 0.1) is 13.2 Å². The van der Waals surface area contributed by atoms with Crippen molar-refractivity contribution < 1.29 is 28.4 Å². The predicted octanol–water partition coefficient (Wildman–Crippen LogP) is 0.358. The molecule has 3 saturated heterocycles. The second-order valence-corrected chi connectivity index (χ2v) is 6.56. The number of hydrogen-bond acceptors (Lipinski definition) is 7. The lowest BCUT2D eigenvalue weighted by atomic mass is 10.1. The average molecular weight is 303 g/mol. The van der Waals surface area contributed by atoms with Crippen LogP contribution in [0.4, 0.5) is 0 Å². The summed E-state index contributed by atoms with van der Waals surface area (Å²) >= 11 is 0. The molecule has 0 aromatic carbocycles. The van der Waals surface area contributed by atoms with E-state index in [2.05, 4.69) is 0 Å². The third-order valence-electron chi connectivity index (χ3n) is 3.85. The highest BCUT2D eigenvalue weighted by Crippen LogP contribution is 2.41. The van der Waals surface area contributed by atoms with E-state index < -0.39 is 17.9 Å². The van der Waals surface area contributed by atoms with Crippen LogP contribution in [0.25, 0.3) is 0 Å². The van der Waals surface area contributed by atoms with Gasteiger partial charge in [0.2, 0.25) is 0 Å². The van der Waals surface area contributed by atoms with E-state index in [4.69, 9.17) is 34.2 Å². The zero-order valence-corrected chi connectivity index (χ0v) is 13.0. The molecule has 2 N–H and O–H groups in total. The highest BCUT2D eigenvalue weighted by Gasteiger charge is 2.58. The smallest absolute Gasteiger partial charge is 0.190 e. The molecule has 7 heteroatoms.